The molecule has 6 nitrogen and oxygen atoms in total. The van der Waals surface area contributed by atoms with Gasteiger partial charge in [0.1, 0.15) is 10.7 Å². The van der Waals surface area contributed by atoms with Gasteiger partial charge in [0.25, 0.3) is 0 Å². The standard InChI is InChI=1S/C15H19ClN4O2S.ClH/c1-11-3-4-14(12(16)9-11)23(21,22)20-8-5-17-10-13(20)15-18-6-7-19(15)2;/h3-4,6-7,9,13,17H,5,8,10H2,1-2H3;1H. The number of aryl methyl sites for hydroxylation is 2. The maximum absolute atomic E-state index is 13.1. The summed E-state index contributed by atoms with van der Waals surface area (Å²) in [6, 6.07) is 4.65. The third-order valence-corrected chi connectivity index (χ3v) is 6.42. The molecule has 3 rings (SSSR count). The van der Waals surface area contributed by atoms with Crippen LogP contribution in [-0.2, 0) is 17.1 Å². The van der Waals surface area contributed by atoms with E-state index in [-0.39, 0.29) is 28.4 Å². The number of nitrogens with zero attached hydrogens (tertiary/aromatic N) is 3. The highest BCUT2D eigenvalue weighted by atomic mass is 35.5. The lowest BCUT2D eigenvalue weighted by molar-refractivity contribution is 0.258. The molecule has 0 amide bonds. The maximum atomic E-state index is 13.1. The number of halogens is 2. The predicted molar refractivity (Wildman–Crippen MR) is 96.1 cm³/mol. The molecule has 0 spiro atoms. The van der Waals surface area contributed by atoms with E-state index in [4.69, 9.17) is 11.6 Å². The number of benzene rings is 1. The number of aromatic nitrogens is 2. The summed E-state index contributed by atoms with van der Waals surface area (Å²) in [6.45, 7) is 3.38. The minimum atomic E-state index is -3.69. The minimum Gasteiger partial charge on any atom is -0.337 e. The molecule has 9 heteroatoms. The summed E-state index contributed by atoms with van der Waals surface area (Å²) in [4.78, 5) is 4.46. The van der Waals surface area contributed by atoms with Crippen molar-refractivity contribution in [3.05, 3.63) is 47.0 Å². The van der Waals surface area contributed by atoms with E-state index >= 15 is 0 Å². The third kappa shape index (κ3) is 3.45. The molecule has 1 aliphatic heterocycles. The van der Waals surface area contributed by atoms with Gasteiger partial charge in [-0.05, 0) is 24.6 Å². The van der Waals surface area contributed by atoms with E-state index in [1.807, 2.05) is 24.7 Å². The van der Waals surface area contributed by atoms with E-state index in [1.54, 1.807) is 24.4 Å². The molecule has 24 heavy (non-hydrogen) atoms. The zero-order valence-corrected chi connectivity index (χ0v) is 15.8. The van der Waals surface area contributed by atoms with E-state index in [9.17, 15) is 8.42 Å². The van der Waals surface area contributed by atoms with Gasteiger partial charge in [0.2, 0.25) is 10.0 Å². The Kier molecular flexibility index (Phi) is 5.93. The third-order valence-electron chi connectivity index (χ3n) is 4.02. The Labute approximate surface area is 153 Å². The Morgan fingerprint density at radius 1 is 1.38 bits per heavy atom. The lowest BCUT2D eigenvalue weighted by Gasteiger charge is -2.34. The summed E-state index contributed by atoms with van der Waals surface area (Å²) < 4.78 is 29.6. The number of nitrogens with one attached hydrogen (secondary N) is 1. The van der Waals surface area contributed by atoms with Gasteiger partial charge in [-0.3, -0.25) is 0 Å². The SMILES string of the molecule is Cc1ccc(S(=O)(=O)N2CCNCC2c2nccn2C)c(Cl)c1.Cl. The van der Waals surface area contributed by atoms with Crippen LogP contribution in [0.4, 0.5) is 0 Å². The van der Waals surface area contributed by atoms with E-state index in [0.29, 0.717) is 25.5 Å². The van der Waals surface area contributed by atoms with Crippen molar-refractivity contribution in [3.63, 3.8) is 0 Å². The van der Waals surface area contributed by atoms with Crippen LogP contribution in [0.2, 0.25) is 5.02 Å². The first-order valence-electron chi connectivity index (χ1n) is 7.37. The van der Waals surface area contributed by atoms with Crippen molar-refractivity contribution in [2.45, 2.75) is 17.9 Å². The highest BCUT2D eigenvalue weighted by Gasteiger charge is 2.37. The van der Waals surface area contributed by atoms with Gasteiger partial charge in [-0.2, -0.15) is 4.31 Å². The second kappa shape index (κ2) is 7.41. The van der Waals surface area contributed by atoms with Gasteiger partial charge >= 0.3 is 0 Å². The number of piperazine rings is 1. The fraction of sp³-hybridized carbons (Fsp3) is 0.400. The average molecular weight is 391 g/mol. The Balaban J connectivity index is 0.00000208. The number of hydrogen-bond donors (Lipinski definition) is 1. The summed E-state index contributed by atoms with van der Waals surface area (Å²) in [6.07, 6.45) is 3.49. The van der Waals surface area contributed by atoms with Crippen LogP contribution in [0.1, 0.15) is 17.4 Å². The van der Waals surface area contributed by atoms with Gasteiger partial charge in [0.05, 0.1) is 11.1 Å². The zero-order chi connectivity index (χ0) is 16.6. The van der Waals surface area contributed by atoms with Gasteiger partial charge in [0.15, 0.2) is 0 Å². The number of imidazole rings is 1. The first-order valence-corrected chi connectivity index (χ1v) is 9.19. The molecule has 0 bridgehead atoms. The molecule has 2 heterocycles. The smallest absolute Gasteiger partial charge is 0.245 e. The van der Waals surface area contributed by atoms with E-state index in [1.165, 1.54) is 4.31 Å². The van der Waals surface area contributed by atoms with Crippen LogP contribution in [0.15, 0.2) is 35.5 Å². The van der Waals surface area contributed by atoms with Crippen LogP contribution in [0, 0.1) is 6.92 Å². The van der Waals surface area contributed by atoms with E-state index in [0.717, 1.165) is 5.56 Å². The quantitative estimate of drug-likeness (QED) is 0.871. The number of sulfonamides is 1. The largest absolute Gasteiger partial charge is 0.337 e. The Bertz CT molecular complexity index is 823. The predicted octanol–water partition coefficient (Wildman–Crippen LogP) is 2.14. The second-order valence-corrected chi connectivity index (χ2v) is 7.93. The lowest BCUT2D eigenvalue weighted by Crippen LogP contribution is -2.49. The molecule has 1 fully saturated rings. The molecule has 1 aliphatic rings. The van der Waals surface area contributed by atoms with Crippen molar-refractivity contribution in [2.24, 2.45) is 7.05 Å². The maximum Gasteiger partial charge on any atom is 0.245 e. The number of hydrogen-bond acceptors (Lipinski definition) is 4. The minimum absolute atomic E-state index is 0. The van der Waals surface area contributed by atoms with E-state index < -0.39 is 10.0 Å². The van der Waals surface area contributed by atoms with Gasteiger partial charge < -0.3 is 9.88 Å². The van der Waals surface area contributed by atoms with Crippen LogP contribution in [0.5, 0.6) is 0 Å². The monoisotopic (exact) mass is 390 g/mol. The highest BCUT2D eigenvalue weighted by Crippen LogP contribution is 2.31. The zero-order valence-electron chi connectivity index (χ0n) is 13.4. The van der Waals surface area contributed by atoms with Crippen LogP contribution in [-0.4, -0.2) is 41.9 Å². The lowest BCUT2D eigenvalue weighted by atomic mass is 10.2. The van der Waals surface area contributed by atoms with Crippen LogP contribution >= 0.6 is 24.0 Å². The molecular weight excluding hydrogens is 371 g/mol. The molecule has 0 aliphatic carbocycles. The summed E-state index contributed by atoms with van der Waals surface area (Å²) in [5, 5.41) is 3.49. The highest BCUT2D eigenvalue weighted by molar-refractivity contribution is 7.89. The van der Waals surface area contributed by atoms with Crippen molar-refractivity contribution < 1.29 is 8.42 Å². The Morgan fingerprint density at radius 3 is 2.75 bits per heavy atom. The average Bonchev–Trinajstić information content (AvgIpc) is 2.93. The summed E-state index contributed by atoms with van der Waals surface area (Å²) >= 11 is 6.19. The molecule has 132 valence electrons. The van der Waals surface area contributed by atoms with Crippen molar-refractivity contribution >= 4 is 34.0 Å². The summed E-state index contributed by atoms with van der Waals surface area (Å²) in [7, 11) is -1.83. The fourth-order valence-corrected chi connectivity index (χ4v) is 4.99. The first kappa shape index (κ1) is 19.2. The van der Waals surface area contributed by atoms with Gasteiger partial charge in [-0.1, -0.05) is 17.7 Å². The second-order valence-electron chi connectivity index (χ2n) is 5.67. The molecule has 1 aromatic heterocycles. The van der Waals surface area contributed by atoms with Gasteiger partial charge in [0, 0.05) is 39.1 Å². The van der Waals surface area contributed by atoms with Crippen molar-refractivity contribution in [3.8, 4) is 0 Å². The van der Waals surface area contributed by atoms with Crippen molar-refractivity contribution in [1.82, 2.24) is 19.2 Å². The van der Waals surface area contributed by atoms with Crippen molar-refractivity contribution in [1.29, 1.82) is 0 Å². The van der Waals surface area contributed by atoms with E-state index in [2.05, 4.69) is 10.3 Å². The van der Waals surface area contributed by atoms with Crippen LogP contribution in [0.3, 0.4) is 0 Å². The normalized spacial score (nSPS) is 19.0. The Hall–Kier alpha value is -1.12. The molecule has 1 unspecified atom stereocenters. The molecule has 0 radical (unpaired) electrons. The molecule has 1 atom stereocenters. The molecule has 1 N–H and O–H groups in total. The first-order chi connectivity index (χ1) is 10.9. The van der Waals surface area contributed by atoms with Crippen LogP contribution < -0.4 is 5.32 Å². The molecular formula is C15H20Cl2N4O2S. The summed E-state index contributed by atoms with van der Waals surface area (Å²) in [5.41, 5.74) is 0.926. The molecule has 1 saturated heterocycles. The number of rotatable bonds is 3. The van der Waals surface area contributed by atoms with Gasteiger partial charge in [-0.25, -0.2) is 13.4 Å². The Morgan fingerprint density at radius 2 is 2.12 bits per heavy atom. The topological polar surface area (TPSA) is 67.2 Å². The molecule has 1 aromatic carbocycles. The summed E-state index contributed by atoms with van der Waals surface area (Å²) in [5.74, 6) is 0.712. The van der Waals surface area contributed by atoms with Gasteiger partial charge in [-0.15, -0.1) is 12.4 Å². The molecule has 2 aromatic rings. The molecule has 0 saturated carbocycles. The van der Waals surface area contributed by atoms with Crippen molar-refractivity contribution in [2.75, 3.05) is 19.6 Å². The fourth-order valence-electron chi connectivity index (χ4n) is 2.83. The van der Waals surface area contributed by atoms with Crippen LogP contribution in [0.25, 0.3) is 0 Å².